The predicted octanol–water partition coefficient (Wildman–Crippen LogP) is 5.22. The van der Waals surface area contributed by atoms with Crippen LogP contribution >= 0.6 is 0 Å². The largest absolute Gasteiger partial charge is 0.358 e. The number of benzene rings is 4. The lowest BCUT2D eigenvalue weighted by Gasteiger charge is -2.11. The van der Waals surface area contributed by atoms with Crippen molar-refractivity contribution in [1.29, 1.82) is 0 Å². The minimum absolute atomic E-state index is 0.0495. The van der Waals surface area contributed by atoms with Gasteiger partial charge in [0.05, 0.1) is 0 Å². The average molecular weight is 549 g/mol. The Bertz CT molecular complexity index is 1540. The fourth-order valence-electron chi connectivity index (χ4n) is 3.33. The van der Waals surface area contributed by atoms with Crippen LogP contribution in [0.2, 0.25) is 0 Å². The van der Waals surface area contributed by atoms with E-state index in [0.29, 0.717) is 11.1 Å². The van der Waals surface area contributed by atoms with Crippen LogP contribution in [0.1, 0.15) is 22.3 Å². The smallest absolute Gasteiger partial charge is 0.264 e. The number of nitrogens with zero attached hydrogens (tertiary/aromatic N) is 2. The maximum Gasteiger partial charge on any atom is 0.358 e. The molecule has 0 N–H and O–H groups in total. The van der Waals surface area contributed by atoms with Crippen LogP contribution in [0.3, 0.4) is 0 Å². The normalized spacial score (nSPS) is 12.7. The van der Waals surface area contributed by atoms with E-state index in [4.69, 9.17) is 8.57 Å². The molecule has 0 aliphatic heterocycles. The summed E-state index contributed by atoms with van der Waals surface area (Å²) in [6.45, 7) is 3.66. The SMILES string of the molecule is Cc1ccc(S(=O)(=O)ON=C(C(=NOS(=O)(=O)c2ccc(C)cc2)c2ccccc2)c2ccccc2)cc1. The Balaban J connectivity index is 1.81. The molecule has 0 unspecified atom stereocenters. The first kappa shape index (κ1) is 26.8. The second kappa shape index (κ2) is 11.4. The van der Waals surface area contributed by atoms with E-state index in [0.717, 1.165) is 11.1 Å². The van der Waals surface area contributed by atoms with Gasteiger partial charge in [-0.2, -0.15) is 16.8 Å². The van der Waals surface area contributed by atoms with Crippen molar-refractivity contribution in [3.63, 3.8) is 0 Å². The lowest BCUT2D eigenvalue weighted by molar-refractivity contribution is 0.334. The zero-order valence-corrected chi connectivity index (χ0v) is 22.2. The topological polar surface area (TPSA) is 111 Å². The molecule has 0 aliphatic rings. The third-order valence-corrected chi connectivity index (χ3v) is 7.63. The molecule has 0 saturated carbocycles. The molecule has 0 saturated heterocycles. The van der Waals surface area contributed by atoms with E-state index < -0.39 is 20.2 Å². The molecule has 0 amide bonds. The zero-order valence-electron chi connectivity index (χ0n) is 20.6. The van der Waals surface area contributed by atoms with Crippen molar-refractivity contribution < 1.29 is 25.4 Å². The Morgan fingerprint density at radius 1 is 0.500 bits per heavy atom. The van der Waals surface area contributed by atoms with Gasteiger partial charge >= 0.3 is 20.2 Å². The molecule has 0 aromatic heterocycles. The second-order valence-corrected chi connectivity index (χ2v) is 11.4. The summed E-state index contributed by atoms with van der Waals surface area (Å²) in [4.78, 5) is -0.175. The predicted molar refractivity (Wildman–Crippen MR) is 145 cm³/mol. The molecule has 0 aliphatic carbocycles. The van der Waals surface area contributed by atoms with E-state index in [-0.39, 0.29) is 21.2 Å². The van der Waals surface area contributed by atoms with Crippen LogP contribution in [0.25, 0.3) is 0 Å². The third-order valence-electron chi connectivity index (χ3n) is 5.39. The highest BCUT2D eigenvalue weighted by Crippen LogP contribution is 2.18. The molecule has 10 heteroatoms. The summed E-state index contributed by atoms with van der Waals surface area (Å²) in [5.74, 6) is 0. The van der Waals surface area contributed by atoms with Gasteiger partial charge in [-0.15, -0.1) is 0 Å². The maximum atomic E-state index is 12.9. The Morgan fingerprint density at radius 2 is 0.816 bits per heavy atom. The number of hydrogen-bond donors (Lipinski definition) is 0. The molecule has 0 heterocycles. The molecule has 4 rings (SSSR count). The van der Waals surface area contributed by atoms with Gasteiger partial charge in [-0.05, 0) is 38.1 Å². The molecule has 38 heavy (non-hydrogen) atoms. The second-order valence-electron chi connectivity index (χ2n) is 8.30. The number of rotatable bonds is 9. The highest BCUT2D eigenvalue weighted by atomic mass is 32.2. The molecular formula is C28H24N2O6S2. The van der Waals surface area contributed by atoms with Crippen LogP contribution in [0.4, 0.5) is 0 Å². The van der Waals surface area contributed by atoms with E-state index >= 15 is 0 Å². The molecule has 0 fully saturated rings. The van der Waals surface area contributed by atoms with Crippen molar-refractivity contribution in [3.05, 3.63) is 131 Å². The van der Waals surface area contributed by atoms with E-state index in [1.54, 1.807) is 84.9 Å². The first-order chi connectivity index (χ1) is 18.2. The molecule has 194 valence electrons. The number of aryl methyl sites for hydroxylation is 2. The third kappa shape index (κ3) is 6.53. The molecule has 0 spiro atoms. The quantitative estimate of drug-likeness (QED) is 0.209. The van der Waals surface area contributed by atoms with E-state index in [1.807, 2.05) is 13.8 Å². The number of oxime groups is 2. The lowest BCUT2D eigenvalue weighted by atomic mass is 10.0. The summed E-state index contributed by atoms with van der Waals surface area (Å²) in [5.41, 5.74) is 2.50. The van der Waals surface area contributed by atoms with E-state index in [2.05, 4.69) is 10.3 Å². The summed E-state index contributed by atoms with van der Waals surface area (Å²) in [7, 11) is -8.58. The van der Waals surface area contributed by atoms with Crippen molar-refractivity contribution in [3.8, 4) is 0 Å². The van der Waals surface area contributed by atoms with Crippen molar-refractivity contribution in [2.45, 2.75) is 23.6 Å². The highest BCUT2D eigenvalue weighted by molar-refractivity contribution is 7.87. The van der Waals surface area contributed by atoms with Gasteiger partial charge in [0.15, 0.2) is 0 Å². The van der Waals surface area contributed by atoms with Crippen LogP contribution in [0.5, 0.6) is 0 Å². The molecular weight excluding hydrogens is 524 g/mol. The summed E-state index contributed by atoms with van der Waals surface area (Å²) in [6, 6.07) is 29.2. The fourth-order valence-corrected chi connectivity index (χ4v) is 4.78. The Morgan fingerprint density at radius 3 is 1.13 bits per heavy atom. The van der Waals surface area contributed by atoms with Gasteiger partial charge in [0.1, 0.15) is 21.2 Å². The monoisotopic (exact) mass is 548 g/mol. The zero-order chi connectivity index (χ0) is 27.2. The highest BCUT2D eigenvalue weighted by Gasteiger charge is 2.23. The first-order valence-electron chi connectivity index (χ1n) is 11.4. The standard InChI is InChI=1S/C28H24N2O6S2/c1-21-13-17-25(18-14-21)37(31,32)35-29-27(23-9-5-3-6-10-23)28(24-11-7-4-8-12-24)30-36-38(33,34)26-19-15-22(2)16-20-26/h3-20H,1-2H3. The molecule has 0 radical (unpaired) electrons. The van der Waals surface area contributed by atoms with Crippen LogP contribution in [-0.2, 0) is 28.8 Å². The Hall–Kier alpha value is -4.28. The van der Waals surface area contributed by atoms with Gasteiger partial charge in [0.25, 0.3) is 0 Å². The summed E-state index contributed by atoms with van der Waals surface area (Å²) >= 11 is 0. The lowest BCUT2D eigenvalue weighted by Crippen LogP contribution is -2.20. The summed E-state index contributed by atoms with van der Waals surface area (Å²) < 4.78 is 61.6. The Labute approximate surface area is 222 Å². The van der Waals surface area contributed by atoms with Gasteiger partial charge < -0.3 is 0 Å². The van der Waals surface area contributed by atoms with Crippen molar-refractivity contribution in [2.75, 3.05) is 0 Å². The average Bonchev–Trinajstić information content (AvgIpc) is 2.92. The van der Waals surface area contributed by atoms with Crippen LogP contribution in [0.15, 0.2) is 129 Å². The minimum atomic E-state index is -4.29. The molecule has 8 nitrogen and oxygen atoms in total. The Kier molecular flexibility index (Phi) is 8.04. The van der Waals surface area contributed by atoms with E-state index in [9.17, 15) is 16.8 Å². The minimum Gasteiger partial charge on any atom is -0.264 e. The van der Waals surface area contributed by atoms with Crippen molar-refractivity contribution >= 4 is 31.7 Å². The fraction of sp³-hybridized carbons (Fsp3) is 0.0714. The molecule has 4 aromatic carbocycles. The van der Waals surface area contributed by atoms with Gasteiger partial charge in [0.2, 0.25) is 0 Å². The van der Waals surface area contributed by atoms with Gasteiger partial charge in [0, 0.05) is 11.1 Å². The van der Waals surface area contributed by atoms with Crippen LogP contribution < -0.4 is 0 Å². The van der Waals surface area contributed by atoms with Gasteiger partial charge in [-0.3, -0.25) is 8.57 Å². The summed E-state index contributed by atoms with van der Waals surface area (Å²) in [6.07, 6.45) is 0. The van der Waals surface area contributed by atoms with Crippen molar-refractivity contribution in [2.24, 2.45) is 10.3 Å². The van der Waals surface area contributed by atoms with Gasteiger partial charge in [-0.25, -0.2) is 0 Å². The van der Waals surface area contributed by atoms with E-state index in [1.165, 1.54) is 24.3 Å². The van der Waals surface area contributed by atoms with Gasteiger partial charge in [-0.1, -0.05) is 106 Å². The number of hydrogen-bond acceptors (Lipinski definition) is 8. The maximum absolute atomic E-state index is 12.9. The summed E-state index contributed by atoms with van der Waals surface area (Å²) in [5, 5.41) is 7.90. The first-order valence-corrected chi connectivity index (χ1v) is 14.3. The van der Waals surface area contributed by atoms with Crippen molar-refractivity contribution in [1.82, 2.24) is 0 Å². The molecule has 0 atom stereocenters. The molecule has 0 bridgehead atoms. The van der Waals surface area contributed by atoms with Crippen LogP contribution in [-0.4, -0.2) is 28.3 Å². The molecule has 4 aromatic rings. The van der Waals surface area contributed by atoms with Crippen LogP contribution in [0, 0.1) is 13.8 Å².